The molecule has 12 rings (SSSR count). The maximum Gasteiger partial charge on any atom is 0.0726 e. The van der Waals surface area contributed by atoms with Crippen molar-refractivity contribution in [3.05, 3.63) is 234 Å². The minimum absolute atomic E-state index is 0.117. The molecule has 0 saturated heterocycles. The van der Waals surface area contributed by atoms with Gasteiger partial charge in [-0.15, -0.1) is 0 Å². The lowest BCUT2D eigenvalue weighted by Crippen LogP contribution is -2.26. The van der Waals surface area contributed by atoms with E-state index in [1.54, 1.807) is 0 Å². The Balaban J connectivity index is 1.07. The van der Waals surface area contributed by atoms with Crippen molar-refractivity contribution in [3.63, 3.8) is 0 Å². The highest BCUT2D eigenvalue weighted by Gasteiger charge is 2.51. The molecule has 0 unspecified atom stereocenters. The van der Waals surface area contributed by atoms with E-state index in [-0.39, 0.29) is 5.41 Å². The average molecular weight is 726 g/mol. The zero-order chi connectivity index (χ0) is 37.9. The van der Waals surface area contributed by atoms with Crippen LogP contribution in [0.15, 0.2) is 200 Å². The lowest BCUT2D eigenvalue weighted by Gasteiger charge is -2.32. The monoisotopic (exact) mass is 725 g/mol. The first-order valence-electron chi connectivity index (χ1n) is 20.1. The maximum atomic E-state index is 2.50. The third-order valence-corrected chi connectivity index (χ3v) is 13.3. The third kappa shape index (κ3) is 4.40. The minimum atomic E-state index is -0.414. The summed E-state index contributed by atoms with van der Waals surface area (Å²) in [5, 5.41) is 2.51. The Bertz CT molecular complexity index is 3050. The van der Waals surface area contributed by atoms with Crippen LogP contribution in [0.4, 0.5) is 17.1 Å². The molecule has 0 aromatic heterocycles. The fourth-order valence-electron chi connectivity index (χ4n) is 10.7. The van der Waals surface area contributed by atoms with Crippen LogP contribution in [0.2, 0.25) is 0 Å². The molecule has 0 bridgehead atoms. The number of hydrogen-bond acceptors (Lipinski definition) is 1. The van der Waals surface area contributed by atoms with E-state index in [2.05, 4.69) is 219 Å². The Morgan fingerprint density at radius 2 is 0.719 bits per heavy atom. The van der Waals surface area contributed by atoms with Gasteiger partial charge in [0, 0.05) is 22.5 Å². The van der Waals surface area contributed by atoms with Gasteiger partial charge in [-0.25, -0.2) is 0 Å². The molecule has 0 amide bonds. The van der Waals surface area contributed by atoms with Gasteiger partial charge in [-0.3, -0.25) is 0 Å². The number of anilines is 3. The van der Waals surface area contributed by atoms with E-state index >= 15 is 0 Å². The second-order valence-corrected chi connectivity index (χ2v) is 16.5. The third-order valence-electron chi connectivity index (χ3n) is 13.3. The van der Waals surface area contributed by atoms with Gasteiger partial charge in [-0.2, -0.15) is 0 Å². The molecule has 268 valence electrons. The number of nitrogens with zero attached hydrogens (tertiary/aromatic N) is 1. The van der Waals surface area contributed by atoms with Crippen molar-refractivity contribution < 1.29 is 0 Å². The van der Waals surface area contributed by atoms with Crippen molar-refractivity contribution in [2.75, 3.05) is 4.90 Å². The van der Waals surface area contributed by atoms with Crippen molar-refractivity contribution in [1.82, 2.24) is 0 Å². The molecule has 0 saturated carbocycles. The summed E-state index contributed by atoms with van der Waals surface area (Å²) < 4.78 is 0. The maximum absolute atomic E-state index is 2.50. The predicted molar refractivity (Wildman–Crippen MR) is 238 cm³/mol. The molecule has 57 heavy (non-hydrogen) atoms. The molecule has 9 aromatic carbocycles. The van der Waals surface area contributed by atoms with Gasteiger partial charge in [0.2, 0.25) is 0 Å². The van der Waals surface area contributed by atoms with Gasteiger partial charge >= 0.3 is 0 Å². The SMILES string of the molecule is CC1(C)c2ccccc2-c2ccc(N(c3ccc(-c4ccc5ccccc5c4)cc3)c3ccc4c(c3)C3(c5ccccc5-c5ccccc53)c3ccccc3-4)cc21. The van der Waals surface area contributed by atoms with Crippen LogP contribution in [-0.4, -0.2) is 0 Å². The summed E-state index contributed by atoms with van der Waals surface area (Å²) in [7, 11) is 0. The van der Waals surface area contributed by atoms with E-state index in [9.17, 15) is 0 Å². The Hall–Kier alpha value is -6.96. The van der Waals surface area contributed by atoms with Crippen LogP contribution in [0.25, 0.3) is 55.3 Å². The van der Waals surface area contributed by atoms with Gasteiger partial charge < -0.3 is 4.90 Å². The molecule has 1 spiro atoms. The van der Waals surface area contributed by atoms with Gasteiger partial charge in [-0.1, -0.05) is 172 Å². The van der Waals surface area contributed by atoms with Crippen LogP contribution in [0.5, 0.6) is 0 Å². The molecular weight excluding hydrogens is 687 g/mol. The molecule has 0 atom stereocenters. The summed E-state index contributed by atoms with van der Waals surface area (Å²) in [6.45, 7) is 4.74. The molecule has 9 aromatic rings. The highest BCUT2D eigenvalue weighted by molar-refractivity contribution is 5.97. The first kappa shape index (κ1) is 32.3. The van der Waals surface area contributed by atoms with E-state index in [1.807, 2.05) is 0 Å². The topological polar surface area (TPSA) is 3.24 Å². The van der Waals surface area contributed by atoms with Gasteiger partial charge in [0.1, 0.15) is 0 Å². The molecule has 0 radical (unpaired) electrons. The van der Waals surface area contributed by atoms with Crippen LogP contribution >= 0.6 is 0 Å². The Labute approximate surface area is 334 Å². The van der Waals surface area contributed by atoms with E-state index in [0.717, 1.165) is 17.1 Å². The number of rotatable bonds is 4. The number of benzene rings is 9. The van der Waals surface area contributed by atoms with Crippen LogP contribution in [0.3, 0.4) is 0 Å². The van der Waals surface area contributed by atoms with Crippen LogP contribution in [0.1, 0.15) is 47.2 Å². The zero-order valence-electron chi connectivity index (χ0n) is 32.0. The molecule has 0 N–H and O–H groups in total. The van der Waals surface area contributed by atoms with Crippen LogP contribution in [0, 0.1) is 0 Å². The van der Waals surface area contributed by atoms with Crippen molar-refractivity contribution in [1.29, 1.82) is 0 Å². The largest absolute Gasteiger partial charge is 0.310 e. The summed E-state index contributed by atoms with van der Waals surface area (Å²) in [6, 6.07) is 75.0. The molecule has 3 aliphatic carbocycles. The zero-order valence-corrected chi connectivity index (χ0v) is 32.0. The van der Waals surface area contributed by atoms with Gasteiger partial charge in [0.05, 0.1) is 5.41 Å². The molecule has 3 aliphatic rings. The van der Waals surface area contributed by atoms with Gasteiger partial charge in [0.15, 0.2) is 0 Å². The standard InChI is InChI=1S/C56H39N/c1-55(2)49-19-9-5-15-43(49)47-31-29-41(34-53(47)55)57(40-27-25-37(26-28-40)39-24-23-36-13-3-4-14-38(36)33-39)42-30-32-48-46-18-8-12-22-52(46)56(54(48)35-42)50-20-10-6-16-44(50)45-17-7-11-21-51(45)56/h3-35H,1-2H3. The van der Waals surface area contributed by atoms with Crippen LogP contribution < -0.4 is 4.90 Å². The summed E-state index contributed by atoms with van der Waals surface area (Å²) >= 11 is 0. The molecular formula is C56H39N. The summed E-state index contributed by atoms with van der Waals surface area (Å²) in [5.41, 5.74) is 21.4. The van der Waals surface area contributed by atoms with Crippen LogP contribution in [-0.2, 0) is 10.8 Å². The normalized spacial score (nSPS) is 14.4. The first-order chi connectivity index (χ1) is 28.0. The lowest BCUT2D eigenvalue weighted by atomic mass is 9.70. The molecule has 0 heterocycles. The number of fused-ring (bicyclic) bond motifs is 14. The second-order valence-electron chi connectivity index (χ2n) is 16.5. The van der Waals surface area contributed by atoms with E-state index in [4.69, 9.17) is 0 Å². The first-order valence-corrected chi connectivity index (χ1v) is 20.1. The molecule has 0 fully saturated rings. The van der Waals surface area contributed by atoms with Gasteiger partial charge in [-0.05, 0) is 131 Å². The van der Waals surface area contributed by atoms with Crippen molar-refractivity contribution in [3.8, 4) is 44.5 Å². The average Bonchev–Trinajstić information content (AvgIpc) is 3.82. The predicted octanol–water partition coefficient (Wildman–Crippen LogP) is 14.6. The van der Waals surface area contributed by atoms with Gasteiger partial charge in [0.25, 0.3) is 0 Å². The Kier molecular flexibility index (Phi) is 6.67. The Morgan fingerprint density at radius 1 is 0.298 bits per heavy atom. The van der Waals surface area contributed by atoms with E-state index in [1.165, 1.54) is 88.7 Å². The fraction of sp³-hybridized carbons (Fsp3) is 0.0714. The van der Waals surface area contributed by atoms with Crippen molar-refractivity contribution >= 4 is 27.8 Å². The highest BCUT2D eigenvalue weighted by atomic mass is 15.1. The molecule has 1 nitrogen and oxygen atoms in total. The second kappa shape index (κ2) is 11.8. The Morgan fingerprint density at radius 3 is 1.32 bits per heavy atom. The highest BCUT2D eigenvalue weighted by Crippen LogP contribution is 2.63. The smallest absolute Gasteiger partial charge is 0.0726 e. The number of hydrogen-bond donors (Lipinski definition) is 0. The van der Waals surface area contributed by atoms with Crippen molar-refractivity contribution in [2.45, 2.75) is 24.7 Å². The fourth-order valence-corrected chi connectivity index (χ4v) is 10.7. The minimum Gasteiger partial charge on any atom is -0.310 e. The quantitative estimate of drug-likeness (QED) is 0.175. The summed E-state index contributed by atoms with van der Waals surface area (Å²) in [4.78, 5) is 2.48. The lowest BCUT2D eigenvalue weighted by molar-refractivity contribution is 0.660. The molecule has 1 heteroatoms. The summed E-state index contributed by atoms with van der Waals surface area (Å²) in [5.74, 6) is 0. The summed E-state index contributed by atoms with van der Waals surface area (Å²) in [6.07, 6.45) is 0. The van der Waals surface area contributed by atoms with E-state index in [0.29, 0.717) is 0 Å². The molecule has 0 aliphatic heterocycles. The van der Waals surface area contributed by atoms with E-state index < -0.39 is 5.41 Å². The van der Waals surface area contributed by atoms with Crippen molar-refractivity contribution in [2.24, 2.45) is 0 Å².